The minimum Gasteiger partial charge on any atom is -0.465 e. The molecule has 0 atom stereocenters. The molecule has 3 heterocycles. The molecule has 1 aromatic carbocycles. The lowest BCUT2D eigenvalue weighted by atomic mass is 10.1. The number of benzene rings is 1. The van der Waals surface area contributed by atoms with Crippen molar-refractivity contribution in [3.05, 3.63) is 71.8 Å². The summed E-state index contributed by atoms with van der Waals surface area (Å²) < 4.78 is 7.60. The van der Waals surface area contributed by atoms with E-state index in [1.807, 2.05) is 49.4 Å². The fourth-order valence-electron chi connectivity index (χ4n) is 3.27. The van der Waals surface area contributed by atoms with E-state index in [0.717, 1.165) is 34.1 Å². The topological polar surface area (TPSA) is 73.0 Å². The molecule has 0 aliphatic carbocycles. The van der Waals surface area contributed by atoms with Gasteiger partial charge in [0.2, 0.25) is 0 Å². The van der Waals surface area contributed by atoms with Crippen molar-refractivity contribution in [2.75, 3.05) is 0 Å². The van der Waals surface area contributed by atoms with Crippen LogP contribution in [0.2, 0.25) is 0 Å². The van der Waals surface area contributed by atoms with Crippen LogP contribution in [0.25, 0.3) is 22.6 Å². The van der Waals surface area contributed by atoms with Gasteiger partial charge in [-0.3, -0.25) is 4.79 Å². The van der Waals surface area contributed by atoms with Gasteiger partial charge in [0.05, 0.1) is 6.54 Å². The van der Waals surface area contributed by atoms with Gasteiger partial charge < -0.3 is 14.3 Å². The molecule has 4 rings (SSSR count). The molecule has 0 aliphatic rings. The van der Waals surface area contributed by atoms with Gasteiger partial charge in [-0.25, -0.2) is 9.97 Å². The predicted molar refractivity (Wildman–Crippen MR) is 108 cm³/mol. The molecule has 142 valence electrons. The Balaban J connectivity index is 1.64. The molecule has 0 unspecified atom stereocenters. The smallest absolute Gasteiger partial charge is 0.251 e. The van der Waals surface area contributed by atoms with Gasteiger partial charge in [0, 0.05) is 23.4 Å². The molecule has 0 saturated heterocycles. The summed E-state index contributed by atoms with van der Waals surface area (Å²) in [6.45, 7) is 6.43. The molecule has 0 radical (unpaired) electrons. The van der Waals surface area contributed by atoms with E-state index in [1.165, 1.54) is 0 Å². The highest BCUT2D eigenvalue weighted by Crippen LogP contribution is 2.27. The minimum absolute atomic E-state index is 0.152. The number of hydrogen-bond donors (Lipinski definition) is 1. The van der Waals surface area contributed by atoms with Crippen molar-refractivity contribution < 1.29 is 9.21 Å². The first-order chi connectivity index (χ1) is 13.5. The first kappa shape index (κ1) is 18.0. The highest BCUT2D eigenvalue weighted by molar-refractivity contribution is 5.95. The number of imidazole rings is 1. The molecular formula is C22H22N4O2. The van der Waals surface area contributed by atoms with Crippen molar-refractivity contribution in [1.29, 1.82) is 0 Å². The van der Waals surface area contributed by atoms with Crippen LogP contribution < -0.4 is 5.32 Å². The Morgan fingerprint density at radius 3 is 2.79 bits per heavy atom. The number of pyridine rings is 1. The lowest BCUT2D eigenvalue weighted by Crippen LogP contribution is -2.22. The fourth-order valence-corrected chi connectivity index (χ4v) is 3.27. The van der Waals surface area contributed by atoms with Crippen LogP contribution in [-0.2, 0) is 6.54 Å². The number of carbonyl (C=O) groups excluding carboxylic acids is 1. The van der Waals surface area contributed by atoms with Crippen LogP contribution in [0.5, 0.6) is 0 Å². The first-order valence-electron chi connectivity index (χ1n) is 9.30. The standard InChI is InChI=1S/C22H22N4O2/c1-14(2)26-20(25-19-8-5-11-23-21(19)26)16-6-4-7-17(12-16)22(27)24-13-18-10-9-15(3)28-18/h4-12,14H,13H2,1-3H3,(H,24,27). The Labute approximate surface area is 163 Å². The molecule has 6 nitrogen and oxygen atoms in total. The summed E-state index contributed by atoms with van der Waals surface area (Å²) >= 11 is 0. The van der Waals surface area contributed by atoms with Crippen LogP contribution in [-0.4, -0.2) is 20.4 Å². The van der Waals surface area contributed by atoms with E-state index < -0.39 is 0 Å². The van der Waals surface area contributed by atoms with Crippen LogP contribution >= 0.6 is 0 Å². The monoisotopic (exact) mass is 374 g/mol. The molecule has 3 aromatic heterocycles. The number of aryl methyl sites for hydroxylation is 1. The van der Waals surface area contributed by atoms with Crippen molar-refractivity contribution in [1.82, 2.24) is 19.9 Å². The number of hydrogen-bond acceptors (Lipinski definition) is 4. The molecule has 0 bridgehead atoms. The van der Waals surface area contributed by atoms with Crippen LogP contribution in [0.4, 0.5) is 0 Å². The number of carbonyl (C=O) groups is 1. The third-order valence-corrected chi connectivity index (χ3v) is 4.57. The lowest BCUT2D eigenvalue weighted by Gasteiger charge is -2.13. The van der Waals surface area contributed by atoms with Gasteiger partial charge in [-0.1, -0.05) is 12.1 Å². The zero-order valence-corrected chi connectivity index (χ0v) is 16.1. The van der Waals surface area contributed by atoms with E-state index in [-0.39, 0.29) is 11.9 Å². The molecular weight excluding hydrogens is 352 g/mol. The Kier molecular flexibility index (Phi) is 4.69. The van der Waals surface area contributed by atoms with Crippen LogP contribution in [0, 0.1) is 6.92 Å². The molecule has 0 fully saturated rings. The molecule has 1 N–H and O–H groups in total. The third kappa shape index (κ3) is 3.41. The Morgan fingerprint density at radius 1 is 1.18 bits per heavy atom. The van der Waals surface area contributed by atoms with Gasteiger partial charge in [-0.2, -0.15) is 0 Å². The van der Waals surface area contributed by atoms with Crippen molar-refractivity contribution in [3.63, 3.8) is 0 Å². The number of rotatable bonds is 5. The summed E-state index contributed by atoms with van der Waals surface area (Å²) in [6.07, 6.45) is 1.77. The van der Waals surface area contributed by atoms with Crippen LogP contribution in [0.3, 0.4) is 0 Å². The van der Waals surface area contributed by atoms with Crippen molar-refractivity contribution in [2.45, 2.75) is 33.4 Å². The Hall–Kier alpha value is -3.41. The Bertz CT molecular complexity index is 1140. The summed E-state index contributed by atoms with van der Waals surface area (Å²) in [5.74, 6) is 2.21. The predicted octanol–water partition coefficient (Wildman–Crippen LogP) is 4.51. The largest absolute Gasteiger partial charge is 0.465 e. The second-order valence-electron chi connectivity index (χ2n) is 7.02. The normalized spacial score (nSPS) is 11.3. The summed E-state index contributed by atoms with van der Waals surface area (Å²) in [4.78, 5) is 21.8. The van der Waals surface area contributed by atoms with E-state index in [4.69, 9.17) is 9.40 Å². The van der Waals surface area contributed by atoms with E-state index in [0.29, 0.717) is 12.1 Å². The van der Waals surface area contributed by atoms with Gasteiger partial charge in [0.1, 0.15) is 22.9 Å². The maximum absolute atomic E-state index is 12.6. The van der Waals surface area contributed by atoms with Crippen LogP contribution in [0.15, 0.2) is 59.1 Å². The number of fused-ring (bicyclic) bond motifs is 1. The second-order valence-corrected chi connectivity index (χ2v) is 7.02. The summed E-state index contributed by atoms with van der Waals surface area (Å²) in [5.41, 5.74) is 3.15. The molecule has 28 heavy (non-hydrogen) atoms. The average Bonchev–Trinajstić information content (AvgIpc) is 3.29. The summed E-state index contributed by atoms with van der Waals surface area (Å²) in [5, 5.41) is 2.90. The molecule has 4 aromatic rings. The van der Waals surface area contributed by atoms with Gasteiger partial charge in [0.15, 0.2) is 5.65 Å². The fraction of sp³-hybridized carbons (Fsp3) is 0.227. The number of furan rings is 1. The van der Waals surface area contributed by atoms with Crippen molar-refractivity contribution >= 4 is 17.1 Å². The second kappa shape index (κ2) is 7.31. The van der Waals surface area contributed by atoms with Gasteiger partial charge >= 0.3 is 0 Å². The van der Waals surface area contributed by atoms with Gasteiger partial charge in [-0.15, -0.1) is 0 Å². The molecule has 6 heteroatoms. The highest BCUT2D eigenvalue weighted by atomic mass is 16.3. The van der Waals surface area contributed by atoms with Crippen LogP contribution in [0.1, 0.15) is 41.8 Å². The van der Waals surface area contributed by atoms with Crippen molar-refractivity contribution in [2.24, 2.45) is 0 Å². The minimum atomic E-state index is -0.152. The van der Waals surface area contributed by atoms with E-state index in [9.17, 15) is 4.79 Å². The lowest BCUT2D eigenvalue weighted by molar-refractivity contribution is 0.0948. The molecule has 0 aliphatic heterocycles. The maximum Gasteiger partial charge on any atom is 0.251 e. The molecule has 0 spiro atoms. The molecule has 0 saturated carbocycles. The summed E-state index contributed by atoms with van der Waals surface area (Å²) in [6, 6.07) is 15.3. The summed E-state index contributed by atoms with van der Waals surface area (Å²) in [7, 11) is 0. The number of nitrogens with one attached hydrogen (secondary N) is 1. The maximum atomic E-state index is 12.6. The third-order valence-electron chi connectivity index (χ3n) is 4.57. The quantitative estimate of drug-likeness (QED) is 0.558. The average molecular weight is 374 g/mol. The van der Waals surface area contributed by atoms with E-state index in [2.05, 4.69) is 28.7 Å². The van der Waals surface area contributed by atoms with Crippen molar-refractivity contribution in [3.8, 4) is 11.4 Å². The van der Waals surface area contributed by atoms with Gasteiger partial charge in [0.25, 0.3) is 5.91 Å². The first-order valence-corrected chi connectivity index (χ1v) is 9.30. The Morgan fingerprint density at radius 2 is 2.04 bits per heavy atom. The zero-order chi connectivity index (χ0) is 19.7. The number of aromatic nitrogens is 3. The highest BCUT2D eigenvalue weighted by Gasteiger charge is 2.17. The number of amides is 1. The SMILES string of the molecule is Cc1ccc(CNC(=O)c2cccc(-c3nc4cccnc4n3C(C)C)c2)o1. The van der Waals surface area contributed by atoms with Gasteiger partial charge in [-0.05, 0) is 57.2 Å². The zero-order valence-electron chi connectivity index (χ0n) is 16.1. The van der Waals surface area contributed by atoms with E-state index in [1.54, 1.807) is 12.3 Å². The number of nitrogens with zero attached hydrogens (tertiary/aromatic N) is 3. The molecule has 1 amide bonds. The van der Waals surface area contributed by atoms with E-state index >= 15 is 0 Å².